The van der Waals surface area contributed by atoms with Crippen LogP contribution in [0, 0.1) is 29.5 Å². The van der Waals surface area contributed by atoms with E-state index in [0.29, 0.717) is 23.9 Å². The van der Waals surface area contributed by atoms with E-state index in [1.807, 2.05) is 31.2 Å². The number of anilines is 1. The van der Waals surface area contributed by atoms with E-state index in [9.17, 15) is 18.8 Å². The molecular formula is C34H39ClFN3O4. The van der Waals surface area contributed by atoms with Crippen LogP contribution in [0.5, 0.6) is 0 Å². The summed E-state index contributed by atoms with van der Waals surface area (Å²) in [5.74, 6) is -2.42. The van der Waals surface area contributed by atoms with Gasteiger partial charge in [0.2, 0.25) is 17.7 Å². The van der Waals surface area contributed by atoms with Crippen LogP contribution in [0.25, 0.3) is 0 Å². The first-order valence-electron chi connectivity index (χ1n) is 15.4. The fraction of sp³-hybridized carbons (Fsp3) is 0.500. The molecule has 228 valence electrons. The Morgan fingerprint density at radius 1 is 1.14 bits per heavy atom. The van der Waals surface area contributed by atoms with Crippen LogP contribution < -0.4 is 10.6 Å². The van der Waals surface area contributed by atoms with E-state index in [-0.39, 0.29) is 28.9 Å². The van der Waals surface area contributed by atoms with Gasteiger partial charge in [-0.25, -0.2) is 4.39 Å². The van der Waals surface area contributed by atoms with Gasteiger partial charge < -0.3 is 20.3 Å². The summed E-state index contributed by atoms with van der Waals surface area (Å²) in [5.41, 5.74) is 0.224. The van der Waals surface area contributed by atoms with Gasteiger partial charge in [-0.2, -0.15) is 0 Å². The van der Waals surface area contributed by atoms with E-state index in [2.05, 4.69) is 36.6 Å². The number of halogens is 2. The van der Waals surface area contributed by atoms with Crippen molar-refractivity contribution in [1.82, 2.24) is 10.2 Å². The van der Waals surface area contributed by atoms with Crippen molar-refractivity contribution < 1.29 is 23.5 Å². The van der Waals surface area contributed by atoms with Gasteiger partial charge in [0.15, 0.2) is 0 Å². The Hall–Kier alpha value is -3.23. The smallest absolute Gasteiger partial charge is 0.246 e. The average Bonchev–Trinajstić information content (AvgIpc) is 3.64. The highest BCUT2D eigenvalue weighted by Crippen LogP contribution is 2.56. The van der Waals surface area contributed by atoms with Crippen LogP contribution in [0.2, 0.25) is 5.02 Å². The lowest BCUT2D eigenvalue weighted by molar-refractivity contribution is -0.144. The van der Waals surface area contributed by atoms with E-state index >= 15 is 0 Å². The number of aryl methyl sites for hydroxylation is 1. The van der Waals surface area contributed by atoms with Crippen LogP contribution in [0.4, 0.5) is 10.1 Å². The van der Waals surface area contributed by atoms with E-state index < -0.39 is 41.3 Å². The van der Waals surface area contributed by atoms with Gasteiger partial charge in [0, 0.05) is 17.8 Å². The second kappa shape index (κ2) is 11.7. The SMILES string of the molecule is C[C@@H]1[C@H](C)CCC[C@@H]1NC(=O)[C@@H]1N([C@H](C)CCc2ccccc2)C(=O)[C@@H]2[C@H](C(=O)Nc3ccc(F)c(Cl)c3)[C@@H]3C=C[C@]21O3. The van der Waals surface area contributed by atoms with Crippen LogP contribution in [0.3, 0.4) is 0 Å². The predicted octanol–water partition coefficient (Wildman–Crippen LogP) is 5.53. The lowest BCUT2D eigenvalue weighted by Gasteiger charge is -2.39. The van der Waals surface area contributed by atoms with Crippen molar-refractivity contribution in [3.63, 3.8) is 0 Å². The number of amides is 3. The van der Waals surface area contributed by atoms with Gasteiger partial charge in [-0.15, -0.1) is 0 Å². The third kappa shape index (κ3) is 5.27. The molecule has 9 heteroatoms. The largest absolute Gasteiger partial charge is 0.359 e. The zero-order valence-electron chi connectivity index (χ0n) is 24.8. The molecule has 7 nitrogen and oxygen atoms in total. The third-order valence-electron chi connectivity index (χ3n) is 10.3. The highest BCUT2D eigenvalue weighted by atomic mass is 35.5. The van der Waals surface area contributed by atoms with Crippen molar-refractivity contribution in [2.45, 2.75) is 82.7 Å². The molecule has 3 aliphatic heterocycles. The first-order valence-corrected chi connectivity index (χ1v) is 15.8. The summed E-state index contributed by atoms with van der Waals surface area (Å²) in [6, 6.07) is 12.8. The Balaban J connectivity index is 1.30. The fourth-order valence-corrected chi connectivity index (χ4v) is 7.87. The summed E-state index contributed by atoms with van der Waals surface area (Å²) in [6.45, 7) is 6.36. The van der Waals surface area contributed by atoms with Crippen LogP contribution in [0.15, 0.2) is 60.7 Å². The van der Waals surface area contributed by atoms with Gasteiger partial charge in [-0.3, -0.25) is 14.4 Å². The molecule has 3 amide bonds. The second-order valence-electron chi connectivity index (χ2n) is 12.8. The Kier molecular flexibility index (Phi) is 8.11. The van der Waals surface area contributed by atoms with E-state index in [1.165, 1.54) is 18.2 Å². The van der Waals surface area contributed by atoms with Crippen LogP contribution >= 0.6 is 11.6 Å². The molecule has 2 bridgehead atoms. The van der Waals surface area contributed by atoms with E-state index in [4.69, 9.17) is 16.3 Å². The first-order chi connectivity index (χ1) is 20.6. The van der Waals surface area contributed by atoms with Crippen molar-refractivity contribution in [3.05, 3.63) is 77.1 Å². The zero-order valence-corrected chi connectivity index (χ0v) is 25.5. The molecule has 3 fully saturated rings. The number of hydrogen-bond acceptors (Lipinski definition) is 4. The monoisotopic (exact) mass is 607 g/mol. The lowest BCUT2D eigenvalue weighted by Crippen LogP contribution is -2.59. The molecule has 9 atom stereocenters. The Bertz CT molecular complexity index is 1440. The summed E-state index contributed by atoms with van der Waals surface area (Å²) in [5, 5.41) is 6.00. The van der Waals surface area contributed by atoms with Crippen molar-refractivity contribution >= 4 is 35.0 Å². The molecule has 3 heterocycles. The summed E-state index contributed by atoms with van der Waals surface area (Å²) in [4.78, 5) is 44.1. The summed E-state index contributed by atoms with van der Waals surface area (Å²) >= 11 is 5.94. The van der Waals surface area contributed by atoms with Gasteiger partial charge in [-0.05, 0) is 61.8 Å². The maximum absolute atomic E-state index is 14.4. The molecule has 1 saturated carbocycles. The van der Waals surface area contributed by atoms with E-state index in [0.717, 1.165) is 31.2 Å². The second-order valence-corrected chi connectivity index (χ2v) is 13.2. The highest BCUT2D eigenvalue weighted by Gasteiger charge is 2.73. The Labute approximate surface area is 257 Å². The molecule has 0 aromatic heterocycles. The molecule has 2 aromatic carbocycles. The average molecular weight is 608 g/mol. The van der Waals surface area contributed by atoms with E-state index in [1.54, 1.807) is 11.0 Å². The highest BCUT2D eigenvalue weighted by molar-refractivity contribution is 6.31. The maximum Gasteiger partial charge on any atom is 0.246 e. The van der Waals surface area contributed by atoms with Crippen molar-refractivity contribution in [1.29, 1.82) is 0 Å². The zero-order chi connectivity index (χ0) is 30.5. The molecule has 2 N–H and O–H groups in total. The van der Waals surface area contributed by atoms with Crippen LogP contribution in [-0.2, 0) is 25.5 Å². The minimum Gasteiger partial charge on any atom is -0.359 e. The number of ether oxygens (including phenoxy) is 1. The Morgan fingerprint density at radius 2 is 1.91 bits per heavy atom. The number of rotatable bonds is 8. The molecular weight excluding hydrogens is 569 g/mol. The number of carbonyl (C=O) groups is 3. The van der Waals surface area contributed by atoms with Gasteiger partial charge in [0.05, 0.1) is 23.0 Å². The van der Waals surface area contributed by atoms with Gasteiger partial charge in [0.1, 0.15) is 17.5 Å². The molecule has 2 aromatic rings. The minimum atomic E-state index is -1.25. The summed E-state index contributed by atoms with van der Waals surface area (Å²) in [7, 11) is 0. The summed E-state index contributed by atoms with van der Waals surface area (Å²) in [6.07, 6.45) is 7.43. The normalized spacial score (nSPS) is 33.4. The molecule has 1 aliphatic carbocycles. The van der Waals surface area contributed by atoms with Crippen molar-refractivity contribution in [2.24, 2.45) is 23.7 Å². The van der Waals surface area contributed by atoms with Crippen molar-refractivity contribution in [3.8, 4) is 0 Å². The third-order valence-corrected chi connectivity index (χ3v) is 10.5. The topological polar surface area (TPSA) is 87.7 Å². The van der Waals surface area contributed by atoms with Gasteiger partial charge >= 0.3 is 0 Å². The molecule has 4 aliphatic rings. The first kappa shape index (κ1) is 29.8. The molecule has 2 saturated heterocycles. The minimum absolute atomic E-state index is 0.00757. The number of hydrogen-bond donors (Lipinski definition) is 2. The number of nitrogens with one attached hydrogen (secondary N) is 2. The molecule has 0 radical (unpaired) electrons. The summed E-state index contributed by atoms with van der Waals surface area (Å²) < 4.78 is 20.2. The quantitative estimate of drug-likeness (QED) is 0.386. The van der Waals surface area contributed by atoms with Crippen LogP contribution in [0.1, 0.15) is 52.0 Å². The lowest BCUT2D eigenvalue weighted by atomic mass is 9.73. The standard InChI is InChI=1S/C34H39ClFN3O4/c1-19-8-7-11-26(21(19)3)38-32(41)30-34-17-16-27(43-34)28(31(40)37-23-14-15-25(36)24(35)18-23)29(34)33(42)39(30)20(2)12-13-22-9-5-4-6-10-22/h4-6,9-10,14-21,26-30H,7-8,11-13H2,1-3H3,(H,37,40)(H,38,41)/t19-,20-,21-,26+,27+,28-,29+,30+,34+/m1/s1. The molecule has 0 unspecified atom stereocenters. The molecule has 43 heavy (non-hydrogen) atoms. The van der Waals surface area contributed by atoms with Crippen molar-refractivity contribution in [2.75, 3.05) is 5.32 Å². The number of carbonyl (C=O) groups excluding carboxylic acids is 3. The molecule has 6 rings (SSSR count). The van der Waals surface area contributed by atoms with Gasteiger partial charge in [0.25, 0.3) is 0 Å². The van der Waals surface area contributed by atoms with Crippen LogP contribution in [-0.4, -0.2) is 52.5 Å². The maximum atomic E-state index is 14.4. The fourth-order valence-electron chi connectivity index (χ4n) is 7.69. The van der Waals surface area contributed by atoms with Gasteiger partial charge in [-0.1, -0.05) is 80.8 Å². The molecule has 1 spiro atoms. The number of fused-ring (bicyclic) bond motifs is 1. The predicted molar refractivity (Wildman–Crippen MR) is 163 cm³/mol. The number of nitrogens with zero attached hydrogens (tertiary/aromatic N) is 1. The number of likely N-dealkylation sites (tertiary alicyclic amines) is 1. The number of benzene rings is 2. The Morgan fingerprint density at radius 3 is 2.65 bits per heavy atom.